The van der Waals surface area contributed by atoms with Crippen molar-refractivity contribution in [1.82, 2.24) is 19.3 Å². The molecule has 0 spiro atoms. The molecule has 0 unspecified atom stereocenters. The Kier molecular flexibility index (Phi) is 2.29. The van der Waals surface area contributed by atoms with Crippen LogP contribution in [0.4, 0.5) is 0 Å². The monoisotopic (exact) mass is 228 g/mol. The van der Waals surface area contributed by atoms with Crippen molar-refractivity contribution in [3.8, 4) is 11.3 Å². The van der Waals surface area contributed by atoms with Crippen LogP contribution < -0.4 is 4.84 Å². The van der Waals surface area contributed by atoms with Gasteiger partial charge in [0.05, 0.1) is 17.4 Å². The van der Waals surface area contributed by atoms with Gasteiger partial charge in [-0.25, -0.2) is 9.50 Å². The summed E-state index contributed by atoms with van der Waals surface area (Å²) in [5, 5.41) is 4.20. The van der Waals surface area contributed by atoms with Crippen molar-refractivity contribution >= 4 is 5.52 Å². The molecular formula is C12H12N4O. The summed E-state index contributed by atoms with van der Waals surface area (Å²) in [5.41, 5.74) is 2.95. The van der Waals surface area contributed by atoms with Gasteiger partial charge in [0.2, 0.25) is 0 Å². The second-order valence-corrected chi connectivity index (χ2v) is 3.65. The van der Waals surface area contributed by atoms with Crippen LogP contribution in [-0.4, -0.2) is 25.9 Å². The highest BCUT2D eigenvalue weighted by Crippen LogP contribution is 2.17. The number of rotatable bonds is 3. The van der Waals surface area contributed by atoms with Gasteiger partial charge in [-0.1, -0.05) is 0 Å². The molecule has 0 aliphatic heterocycles. The van der Waals surface area contributed by atoms with E-state index in [1.54, 1.807) is 17.3 Å². The smallest absolute Gasteiger partial charge is 0.132 e. The summed E-state index contributed by atoms with van der Waals surface area (Å²) in [5.74, 6) is 0. The van der Waals surface area contributed by atoms with Crippen LogP contribution in [-0.2, 0) is 0 Å². The van der Waals surface area contributed by atoms with Crippen LogP contribution in [0.2, 0.25) is 0 Å². The molecule has 3 aromatic heterocycles. The van der Waals surface area contributed by atoms with E-state index in [0.29, 0.717) is 6.61 Å². The first-order valence-electron chi connectivity index (χ1n) is 5.48. The number of aromatic nitrogens is 4. The van der Waals surface area contributed by atoms with Gasteiger partial charge in [0.1, 0.15) is 12.9 Å². The maximum Gasteiger partial charge on any atom is 0.132 e. The highest BCUT2D eigenvalue weighted by atomic mass is 16.7. The molecule has 3 heterocycles. The van der Waals surface area contributed by atoms with E-state index >= 15 is 0 Å². The first kappa shape index (κ1) is 9.89. The molecule has 0 aromatic carbocycles. The van der Waals surface area contributed by atoms with Gasteiger partial charge in [0.15, 0.2) is 0 Å². The van der Waals surface area contributed by atoms with Crippen molar-refractivity contribution in [2.75, 3.05) is 6.61 Å². The molecule has 0 aliphatic rings. The summed E-state index contributed by atoms with van der Waals surface area (Å²) in [6.07, 6.45) is 7.24. The fourth-order valence-electron chi connectivity index (χ4n) is 1.74. The third-order valence-electron chi connectivity index (χ3n) is 2.53. The Morgan fingerprint density at radius 1 is 1.24 bits per heavy atom. The zero-order chi connectivity index (χ0) is 11.7. The van der Waals surface area contributed by atoms with Gasteiger partial charge in [0, 0.05) is 18.0 Å². The molecular weight excluding hydrogens is 216 g/mol. The minimum Gasteiger partial charge on any atom is -0.413 e. The molecule has 17 heavy (non-hydrogen) atoms. The Hall–Kier alpha value is -2.30. The zero-order valence-electron chi connectivity index (χ0n) is 9.45. The van der Waals surface area contributed by atoms with Crippen LogP contribution in [0.5, 0.6) is 0 Å². The summed E-state index contributed by atoms with van der Waals surface area (Å²) in [6.45, 7) is 2.56. The van der Waals surface area contributed by atoms with Crippen LogP contribution in [0.1, 0.15) is 6.92 Å². The Labute approximate surface area is 98.2 Å². The van der Waals surface area contributed by atoms with Crippen molar-refractivity contribution < 1.29 is 4.84 Å². The van der Waals surface area contributed by atoms with E-state index in [4.69, 9.17) is 4.84 Å². The third kappa shape index (κ3) is 1.75. The first-order chi connectivity index (χ1) is 8.36. The Balaban J connectivity index is 2.00. The van der Waals surface area contributed by atoms with Gasteiger partial charge >= 0.3 is 0 Å². The summed E-state index contributed by atoms with van der Waals surface area (Å²) < 4.78 is 3.44. The summed E-state index contributed by atoms with van der Waals surface area (Å²) in [6, 6.07) is 6.00. The molecule has 0 amide bonds. The Bertz CT molecular complexity index is 641. The van der Waals surface area contributed by atoms with E-state index < -0.39 is 0 Å². The minimum absolute atomic E-state index is 0.619. The number of hydrogen-bond acceptors (Lipinski definition) is 3. The summed E-state index contributed by atoms with van der Waals surface area (Å²) in [4.78, 5) is 9.61. The molecule has 0 radical (unpaired) electrons. The standard InChI is InChI=1S/C12H12N4O/c1-2-17-15-8-12(13-9-15)10-3-4-11-5-6-14-16(11)7-10/h3-9H,2H2,1H3. The average Bonchev–Trinajstić information content (AvgIpc) is 2.96. The van der Waals surface area contributed by atoms with Crippen molar-refractivity contribution in [1.29, 1.82) is 0 Å². The predicted molar refractivity (Wildman–Crippen MR) is 63.5 cm³/mol. The lowest BCUT2D eigenvalue weighted by Crippen LogP contribution is -2.07. The molecule has 5 nitrogen and oxygen atoms in total. The molecule has 3 rings (SSSR count). The first-order valence-corrected chi connectivity index (χ1v) is 5.48. The van der Waals surface area contributed by atoms with Crippen LogP contribution >= 0.6 is 0 Å². The van der Waals surface area contributed by atoms with Crippen molar-refractivity contribution in [2.24, 2.45) is 0 Å². The van der Waals surface area contributed by atoms with E-state index in [9.17, 15) is 0 Å². The van der Waals surface area contributed by atoms with E-state index in [1.165, 1.54) is 0 Å². The SMILES string of the molecule is CCOn1cnc(-c2ccc3ccnn3c2)c1. The quantitative estimate of drug-likeness (QED) is 0.684. The highest BCUT2D eigenvalue weighted by Gasteiger charge is 2.04. The molecule has 0 N–H and O–H groups in total. The fourth-order valence-corrected chi connectivity index (χ4v) is 1.74. The van der Waals surface area contributed by atoms with E-state index in [-0.39, 0.29) is 0 Å². The maximum atomic E-state index is 5.31. The van der Waals surface area contributed by atoms with Crippen LogP contribution in [0, 0.1) is 0 Å². The van der Waals surface area contributed by atoms with Gasteiger partial charge in [-0.3, -0.25) is 0 Å². The number of fused-ring (bicyclic) bond motifs is 1. The predicted octanol–water partition coefficient (Wildman–Crippen LogP) is 1.65. The van der Waals surface area contributed by atoms with Gasteiger partial charge in [-0.05, 0) is 25.1 Å². The number of pyridine rings is 1. The maximum absolute atomic E-state index is 5.31. The van der Waals surface area contributed by atoms with E-state index in [1.807, 2.05) is 42.0 Å². The van der Waals surface area contributed by atoms with E-state index in [2.05, 4.69) is 10.1 Å². The van der Waals surface area contributed by atoms with Crippen molar-refractivity contribution in [3.63, 3.8) is 0 Å². The summed E-state index contributed by atoms with van der Waals surface area (Å²) >= 11 is 0. The highest BCUT2D eigenvalue weighted by molar-refractivity contribution is 5.61. The second-order valence-electron chi connectivity index (χ2n) is 3.65. The normalized spacial score (nSPS) is 10.9. The molecule has 5 heteroatoms. The lowest BCUT2D eigenvalue weighted by atomic mass is 10.2. The molecule has 0 aliphatic carbocycles. The molecule has 0 bridgehead atoms. The van der Waals surface area contributed by atoms with Gasteiger partial charge < -0.3 is 4.84 Å². The van der Waals surface area contributed by atoms with Crippen LogP contribution in [0.3, 0.4) is 0 Å². The topological polar surface area (TPSA) is 44.3 Å². The van der Waals surface area contributed by atoms with Crippen molar-refractivity contribution in [3.05, 3.63) is 43.1 Å². The van der Waals surface area contributed by atoms with E-state index in [0.717, 1.165) is 16.8 Å². The number of imidazole rings is 1. The lowest BCUT2D eigenvalue weighted by molar-refractivity contribution is 0.121. The summed E-state index contributed by atoms with van der Waals surface area (Å²) in [7, 11) is 0. The zero-order valence-corrected chi connectivity index (χ0v) is 9.45. The fraction of sp³-hybridized carbons (Fsp3) is 0.167. The third-order valence-corrected chi connectivity index (χ3v) is 2.53. The Morgan fingerprint density at radius 3 is 3.06 bits per heavy atom. The second kappa shape index (κ2) is 3.93. The molecule has 0 saturated heterocycles. The van der Waals surface area contributed by atoms with Gasteiger partial charge in [-0.2, -0.15) is 9.83 Å². The van der Waals surface area contributed by atoms with Crippen LogP contribution in [0.25, 0.3) is 16.8 Å². The molecule has 3 aromatic rings. The van der Waals surface area contributed by atoms with Gasteiger partial charge in [-0.15, -0.1) is 0 Å². The number of nitrogens with zero attached hydrogens (tertiary/aromatic N) is 4. The minimum atomic E-state index is 0.619. The van der Waals surface area contributed by atoms with Crippen molar-refractivity contribution in [2.45, 2.75) is 6.92 Å². The number of hydrogen-bond donors (Lipinski definition) is 0. The molecule has 0 atom stereocenters. The lowest BCUT2D eigenvalue weighted by Gasteiger charge is -2.00. The van der Waals surface area contributed by atoms with Gasteiger partial charge in [0.25, 0.3) is 0 Å². The molecule has 86 valence electrons. The molecule has 0 saturated carbocycles. The van der Waals surface area contributed by atoms with Crippen LogP contribution in [0.15, 0.2) is 43.1 Å². The Morgan fingerprint density at radius 2 is 2.18 bits per heavy atom. The average molecular weight is 228 g/mol. The largest absolute Gasteiger partial charge is 0.413 e. The molecule has 0 fully saturated rings.